The summed E-state index contributed by atoms with van der Waals surface area (Å²) >= 11 is 0. The highest BCUT2D eigenvalue weighted by molar-refractivity contribution is 5.96. The molecule has 142 valence electrons. The lowest BCUT2D eigenvalue weighted by Crippen LogP contribution is -2.45. The Morgan fingerprint density at radius 1 is 1.22 bits per heavy atom. The number of hydrogen-bond donors (Lipinski definition) is 2. The minimum absolute atomic E-state index is 0.124. The standard InChI is InChI=1S/C20H23N3O4/c1-22-19(25)17-9-8-16(27-17)13-5-4-6-14(11-13)20(26)23-10-3-2-7-15(23)12-18(21)24/h4-6,8-9,11,15H,2-3,7,10,12H2,1H3,(H2,21,24)(H,22,25). The van der Waals surface area contributed by atoms with Crippen molar-refractivity contribution >= 4 is 17.7 Å². The molecule has 1 saturated heterocycles. The smallest absolute Gasteiger partial charge is 0.286 e. The third-order valence-corrected chi connectivity index (χ3v) is 4.78. The quantitative estimate of drug-likeness (QED) is 0.842. The Bertz CT molecular complexity index is 858. The molecule has 0 aliphatic carbocycles. The van der Waals surface area contributed by atoms with E-state index in [4.69, 9.17) is 10.2 Å². The van der Waals surface area contributed by atoms with Crippen molar-refractivity contribution < 1.29 is 18.8 Å². The summed E-state index contributed by atoms with van der Waals surface area (Å²) in [6, 6.07) is 10.2. The summed E-state index contributed by atoms with van der Waals surface area (Å²) in [5, 5.41) is 2.51. The third kappa shape index (κ3) is 4.19. The van der Waals surface area contributed by atoms with Crippen LogP contribution in [0.3, 0.4) is 0 Å². The molecular formula is C20H23N3O4. The minimum atomic E-state index is -0.397. The van der Waals surface area contributed by atoms with Crippen molar-refractivity contribution in [2.45, 2.75) is 31.7 Å². The summed E-state index contributed by atoms with van der Waals surface area (Å²) in [5.41, 5.74) is 6.56. The van der Waals surface area contributed by atoms with E-state index in [-0.39, 0.29) is 30.0 Å². The van der Waals surface area contributed by atoms with Crippen molar-refractivity contribution in [1.29, 1.82) is 0 Å². The fourth-order valence-electron chi connectivity index (χ4n) is 3.42. The summed E-state index contributed by atoms with van der Waals surface area (Å²) in [6.07, 6.45) is 2.85. The van der Waals surface area contributed by atoms with E-state index in [1.165, 1.54) is 7.05 Å². The van der Waals surface area contributed by atoms with E-state index in [1.807, 2.05) is 6.07 Å². The molecule has 0 spiro atoms. The van der Waals surface area contributed by atoms with Crippen LogP contribution in [-0.4, -0.2) is 42.3 Å². The van der Waals surface area contributed by atoms with Crippen LogP contribution in [0, 0.1) is 0 Å². The number of rotatable bonds is 5. The van der Waals surface area contributed by atoms with Crippen LogP contribution in [-0.2, 0) is 4.79 Å². The molecule has 1 aromatic carbocycles. The maximum atomic E-state index is 13.0. The normalized spacial score (nSPS) is 16.8. The number of nitrogens with one attached hydrogen (secondary N) is 1. The predicted molar refractivity (Wildman–Crippen MR) is 100 cm³/mol. The molecule has 2 heterocycles. The number of nitrogens with zero attached hydrogens (tertiary/aromatic N) is 1. The van der Waals surface area contributed by atoms with Crippen molar-refractivity contribution in [3.05, 3.63) is 47.7 Å². The van der Waals surface area contributed by atoms with E-state index in [0.29, 0.717) is 23.4 Å². The van der Waals surface area contributed by atoms with Crippen LogP contribution in [0.15, 0.2) is 40.8 Å². The Kier molecular flexibility index (Phi) is 5.59. The maximum absolute atomic E-state index is 13.0. The number of furan rings is 1. The summed E-state index contributed by atoms with van der Waals surface area (Å²) in [6.45, 7) is 0.614. The number of amides is 3. The first-order valence-corrected chi connectivity index (χ1v) is 9.01. The summed E-state index contributed by atoms with van der Waals surface area (Å²) in [7, 11) is 1.53. The van der Waals surface area contributed by atoms with Gasteiger partial charge in [-0.1, -0.05) is 12.1 Å². The average molecular weight is 369 g/mol. The van der Waals surface area contributed by atoms with Crippen LogP contribution >= 0.6 is 0 Å². The number of benzene rings is 1. The van der Waals surface area contributed by atoms with Gasteiger partial charge in [0.15, 0.2) is 5.76 Å². The molecule has 1 fully saturated rings. The Morgan fingerprint density at radius 2 is 2.04 bits per heavy atom. The van der Waals surface area contributed by atoms with Crippen molar-refractivity contribution in [2.24, 2.45) is 5.73 Å². The Morgan fingerprint density at radius 3 is 2.78 bits per heavy atom. The van der Waals surface area contributed by atoms with Gasteiger partial charge in [-0.3, -0.25) is 14.4 Å². The first kappa shape index (κ1) is 18.7. The van der Waals surface area contributed by atoms with E-state index in [2.05, 4.69) is 5.32 Å². The lowest BCUT2D eigenvalue weighted by Gasteiger charge is -2.35. The molecule has 3 N–H and O–H groups in total. The molecule has 0 bridgehead atoms. The Hall–Kier alpha value is -3.09. The molecule has 1 atom stereocenters. The van der Waals surface area contributed by atoms with Gasteiger partial charge in [-0.2, -0.15) is 0 Å². The fourth-order valence-corrected chi connectivity index (χ4v) is 3.42. The molecule has 7 nitrogen and oxygen atoms in total. The van der Waals surface area contributed by atoms with Gasteiger partial charge < -0.3 is 20.4 Å². The second-order valence-electron chi connectivity index (χ2n) is 6.64. The van der Waals surface area contributed by atoms with Crippen LogP contribution < -0.4 is 11.1 Å². The predicted octanol–water partition coefficient (Wildman–Crippen LogP) is 2.18. The fraction of sp³-hybridized carbons (Fsp3) is 0.350. The van der Waals surface area contributed by atoms with E-state index in [1.54, 1.807) is 35.2 Å². The lowest BCUT2D eigenvalue weighted by atomic mass is 9.97. The van der Waals surface area contributed by atoms with Gasteiger partial charge in [0.05, 0.1) is 0 Å². The van der Waals surface area contributed by atoms with Crippen LogP contribution in [0.1, 0.15) is 46.6 Å². The zero-order valence-electron chi connectivity index (χ0n) is 15.2. The van der Waals surface area contributed by atoms with E-state index in [0.717, 1.165) is 19.3 Å². The monoisotopic (exact) mass is 369 g/mol. The summed E-state index contributed by atoms with van der Waals surface area (Å²) < 4.78 is 5.58. The molecule has 7 heteroatoms. The first-order valence-electron chi connectivity index (χ1n) is 9.01. The Balaban J connectivity index is 1.83. The molecule has 1 unspecified atom stereocenters. The molecular weight excluding hydrogens is 346 g/mol. The second-order valence-corrected chi connectivity index (χ2v) is 6.64. The molecule has 3 rings (SSSR count). The SMILES string of the molecule is CNC(=O)c1ccc(-c2cccc(C(=O)N3CCCCC3CC(N)=O)c2)o1. The summed E-state index contributed by atoms with van der Waals surface area (Å²) in [4.78, 5) is 37.7. The van der Waals surface area contributed by atoms with Crippen LogP contribution in [0.4, 0.5) is 0 Å². The average Bonchev–Trinajstić information content (AvgIpc) is 3.17. The second kappa shape index (κ2) is 8.07. The van der Waals surface area contributed by atoms with Crippen LogP contribution in [0.2, 0.25) is 0 Å². The zero-order valence-corrected chi connectivity index (χ0v) is 15.2. The van der Waals surface area contributed by atoms with E-state index in [9.17, 15) is 14.4 Å². The number of primary amides is 1. The maximum Gasteiger partial charge on any atom is 0.286 e. The molecule has 1 aromatic heterocycles. The van der Waals surface area contributed by atoms with Gasteiger partial charge in [0.1, 0.15) is 5.76 Å². The highest BCUT2D eigenvalue weighted by Gasteiger charge is 2.28. The third-order valence-electron chi connectivity index (χ3n) is 4.78. The molecule has 2 aromatic rings. The number of nitrogens with two attached hydrogens (primary N) is 1. The number of hydrogen-bond acceptors (Lipinski definition) is 4. The van der Waals surface area contributed by atoms with Gasteiger partial charge in [-0.25, -0.2) is 0 Å². The molecule has 0 saturated carbocycles. The molecule has 1 aliphatic heterocycles. The van der Waals surface area contributed by atoms with E-state index < -0.39 is 5.91 Å². The highest BCUT2D eigenvalue weighted by Crippen LogP contribution is 2.26. The van der Waals surface area contributed by atoms with Gasteiger partial charge in [0.2, 0.25) is 5.91 Å². The van der Waals surface area contributed by atoms with Crippen LogP contribution in [0.5, 0.6) is 0 Å². The number of carbonyl (C=O) groups is 3. The highest BCUT2D eigenvalue weighted by atomic mass is 16.3. The van der Waals surface area contributed by atoms with Gasteiger partial charge in [0.25, 0.3) is 11.8 Å². The van der Waals surface area contributed by atoms with E-state index >= 15 is 0 Å². The Labute approximate surface area is 157 Å². The van der Waals surface area contributed by atoms with Gasteiger partial charge in [-0.15, -0.1) is 0 Å². The van der Waals surface area contributed by atoms with Crippen molar-refractivity contribution in [2.75, 3.05) is 13.6 Å². The first-order chi connectivity index (χ1) is 13.0. The largest absolute Gasteiger partial charge is 0.451 e. The van der Waals surface area contributed by atoms with Gasteiger partial charge in [-0.05, 0) is 43.5 Å². The van der Waals surface area contributed by atoms with Crippen molar-refractivity contribution in [3.63, 3.8) is 0 Å². The van der Waals surface area contributed by atoms with Gasteiger partial charge in [0, 0.05) is 37.2 Å². The lowest BCUT2D eigenvalue weighted by molar-refractivity contribution is -0.119. The molecule has 0 radical (unpaired) electrons. The molecule has 27 heavy (non-hydrogen) atoms. The van der Waals surface area contributed by atoms with Crippen LogP contribution in [0.25, 0.3) is 11.3 Å². The summed E-state index contributed by atoms with van der Waals surface area (Å²) in [5.74, 6) is -0.111. The zero-order chi connectivity index (χ0) is 19.4. The van der Waals surface area contributed by atoms with Gasteiger partial charge >= 0.3 is 0 Å². The minimum Gasteiger partial charge on any atom is -0.451 e. The number of carbonyl (C=O) groups excluding carboxylic acids is 3. The number of likely N-dealkylation sites (tertiary alicyclic amines) is 1. The number of piperidine rings is 1. The van der Waals surface area contributed by atoms with Crippen molar-refractivity contribution in [1.82, 2.24) is 10.2 Å². The molecule has 3 amide bonds. The topological polar surface area (TPSA) is 106 Å². The molecule has 1 aliphatic rings. The van der Waals surface area contributed by atoms with Crippen molar-refractivity contribution in [3.8, 4) is 11.3 Å².